The first-order chi connectivity index (χ1) is 20.2. The summed E-state index contributed by atoms with van der Waals surface area (Å²) in [7, 11) is 1.28. The van der Waals surface area contributed by atoms with Crippen LogP contribution in [0.1, 0.15) is 49.8 Å². The summed E-state index contributed by atoms with van der Waals surface area (Å²) >= 11 is 9.45. The molecule has 2 bridgehead atoms. The zero-order valence-corrected chi connectivity index (χ0v) is 25.5. The Balaban J connectivity index is 1.52. The number of ether oxygens (including phenoxy) is 1. The monoisotopic (exact) mass is 653 g/mol. The van der Waals surface area contributed by atoms with Crippen molar-refractivity contribution in [3.05, 3.63) is 87.1 Å². The first kappa shape index (κ1) is 29.8. The number of benzene rings is 3. The van der Waals surface area contributed by atoms with Gasteiger partial charge in [-0.1, -0.05) is 65.1 Å². The van der Waals surface area contributed by atoms with Crippen molar-refractivity contribution in [1.82, 2.24) is 4.90 Å². The van der Waals surface area contributed by atoms with Gasteiger partial charge < -0.3 is 15.0 Å². The first-order valence-corrected chi connectivity index (χ1v) is 14.9. The van der Waals surface area contributed by atoms with E-state index < -0.39 is 11.9 Å². The zero-order valence-electron chi connectivity index (χ0n) is 23.2. The van der Waals surface area contributed by atoms with E-state index in [0.717, 1.165) is 23.1 Å². The van der Waals surface area contributed by atoms with Crippen molar-refractivity contribution in [3.63, 3.8) is 0 Å². The topological polar surface area (TPSA) is 87.7 Å². The maximum atomic E-state index is 14.9. The Labute approximate surface area is 257 Å². The maximum Gasteiger partial charge on any atom is 0.411 e. The predicted molar refractivity (Wildman–Crippen MR) is 166 cm³/mol. The molecule has 0 fully saturated rings. The van der Waals surface area contributed by atoms with E-state index >= 15 is 0 Å². The van der Waals surface area contributed by atoms with Crippen LogP contribution in [0.4, 0.5) is 20.6 Å². The Hall–Kier alpha value is -3.69. The highest BCUT2D eigenvalue weighted by atomic mass is 79.9. The van der Waals surface area contributed by atoms with Crippen LogP contribution in [0.3, 0.4) is 0 Å². The third kappa shape index (κ3) is 6.22. The minimum absolute atomic E-state index is 0.00625. The van der Waals surface area contributed by atoms with Gasteiger partial charge in [-0.05, 0) is 66.3 Å². The van der Waals surface area contributed by atoms with Gasteiger partial charge in [-0.3, -0.25) is 14.9 Å². The lowest BCUT2D eigenvalue weighted by Crippen LogP contribution is -2.37. The highest BCUT2D eigenvalue weighted by Crippen LogP contribution is 2.39. The van der Waals surface area contributed by atoms with E-state index in [2.05, 4.69) is 26.6 Å². The van der Waals surface area contributed by atoms with E-state index in [-0.39, 0.29) is 28.8 Å². The number of methoxy groups -OCH3 is 1. The van der Waals surface area contributed by atoms with Gasteiger partial charge in [0.25, 0.3) is 0 Å². The summed E-state index contributed by atoms with van der Waals surface area (Å²) < 4.78 is 20.2. The maximum absolute atomic E-state index is 14.9. The van der Waals surface area contributed by atoms with Crippen molar-refractivity contribution >= 4 is 62.4 Å². The van der Waals surface area contributed by atoms with Gasteiger partial charge in [-0.15, -0.1) is 0 Å². The fraction of sp³-hybridized carbons (Fsp3) is 0.281. The number of amides is 3. The highest BCUT2D eigenvalue weighted by molar-refractivity contribution is 9.10. The van der Waals surface area contributed by atoms with Crippen LogP contribution < -0.4 is 10.6 Å². The summed E-state index contributed by atoms with van der Waals surface area (Å²) in [5, 5.41) is 5.69. The van der Waals surface area contributed by atoms with Gasteiger partial charge in [0, 0.05) is 39.8 Å². The number of halogens is 3. The summed E-state index contributed by atoms with van der Waals surface area (Å²) in [5.41, 5.74) is 4.56. The molecule has 0 spiro atoms. The molecular weight excluding hydrogens is 625 g/mol. The van der Waals surface area contributed by atoms with Crippen LogP contribution in [-0.4, -0.2) is 36.5 Å². The Bertz CT molecular complexity index is 1590. The molecule has 0 aliphatic carbocycles. The molecule has 3 amide bonds. The predicted octanol–water partition coefficient (Wildman–Crippen LogP) is 8.20. The van der Waals surface area contributed by atoms with Gasteiger partial charge >= 0.3 is 6.09 Å². The smallest absolute Gasteiger partial charge is 0.411 e. The summed E-state index contributed by atoms with van der Waals surface area (Å²) in [5.74, 6) is -1.15. The van der Waals surface area contributed by atoms with Crippen LogP contribution >= 0.6 is 27.5 Å². The number of fused-ring (bicyclic) bond motifs is 4. The van der Waals surface area contributed by atoms with Crippen LogP contribution in [0.5, 0.6) is 0 Å². The number of carbonyl (C=O) groups is 3. The average molecular weight is 655 g/mol. The fourth-order valence-electron chi connectivity index (χ4n) is 5.55. The second-order valence-corrected chi connectivity index (χ2v) is 11.8. The van der Waals surface area contributed by atoms with Gasteiger partial charge in [-0.2, -0.15) is 0 Å². The van der Waals surface area contributed by atoms with Crippen molar-refractivity contribution in [3.8, 4) is 11.1 Å². The third-order valence-corrected chi connectivity index (χ3v) is 8.75. The molecule has 0 saturated heterocycles. The number of anilines is 2. The fourth-order valence-corrected chi connectivity index (χ4v) is 6.27. The molecule has 2 aliphatic rings. The molecule has 2 atom stereocenters. The van der Waals surface area contributed by atoms with Crippen molar-refractivity contribution in [2.75, 3.05) is 24.3 Å². The van der Waals surface area contributed by atoms with Crippen LogP contribution in [0.15, 0.2) is 65.1 Å². The second kappa shape index (κ2) is 12.7. The first-order valence-electron chi connectivity index (χ1n) is 13.7. The Morgan fingerprint density at radius 2 is 1.95 bits per heavy atom. The summed E-state index contributed by atoms with van der Waals surface area (Å²) in [6, 6.07) is 16.1. The van der Waals surface area contributed by atoms with Gasteiger partial charge in [0.1, 0.15) is 5.82 Å². The van der Waals surface area contributed by atoms with Gasteiger partial charge in [-0.25, -0.2) is 9.18 Å². The SMILES string of the molecule is COC(=O)Nc1ccc2c(c1)NC(=O)C(C)CCCC(N1CCC(c3c(Br)ccc(Cl)c3F)=CC1=O)c1cccc-2c1. The van der Waals surface area contributed by atoms with E-state index in [4.69, 9.17) is 16.3 Å². The molecule has 5 rings (SSSR count). The Kier molecular flexibility index (Phi) is 8.99. The number of hydrogen-bond acceptors (Lipinski definition) is 4. The molecule has 218 valence electrons. The lowest BCUT2D eigenvalue weighted by Gasteiger charge is -2.35. The summed E-state index contributed by atoms with van der Waals surface area (Å²) in [6.45, 7) is 2.29. The molecule has 0 radical (unpaired) electrons. The minimum Gasteiger partial charge on any atom is -0.453 e. The number of nitrogens with one attached hydrogen (secondary N) is 2. The largest absolute Gasteiger partial charge is 0.453 e. The Morgan fingerprint density at radius 3 is 2.71 bits per heavy atom. The Morgan fingerprint density at radius 1 is 1.14 bits per heavy atom. The molecule has 2 aliphatic heterocycles. The molecule has 0 saturated carbocycles. The molecule has 2 N–H and O–H groups in total. The number of nitrogens with zero attached hydrogens (tertiary/aromatic N) is 1. The third-order valence-electron chi connectivity index (χ3n) is 7.80. The highest BCUT2D eigenvalue weighted by Gasteiger charge is 2.30. The number of rotatable bonds is 3. The molecule has 7 nitrogen and oxygen atoms in total. The number of carbonyl (C=O) groups excluding carboxylic acids is 3. The zero-order chi connectivity index (χ0) is 30.0. The van der Waals surface area contributed by atoms with Crippen molar-refractivity contribution in [2.24, 2.45) is 5.92 Å². The molecule has 2 heterocycles. The second-order valence-electron chi connectivity index (χ2n) is 10.5. The molecule has 3 aromatic rings. The average Bonchev–Trinajstić information content (AvgIpc) is 2.97. The van der Waals surface area contributed by atoms with Crippen LogP contribution in [0, 0.1) is 11.7 Å². The van der Waals surface area contributed by atoms with Gasteiger partial charge in [0.2, 0.25) is 11.8 Å². The molecule has 3 aromatic carbocycles. The van der Waals surface area contributed by atoms with Crippen molar-refractivity contribution < 1.29 is 23.5 Å². The summed E-state index contributed by atoms with van der Waals surface area (Å²) in [6.07, 6.45) is 3.37. The van der Waals surface area contributed by atoms with Gasteiger partial charge in [0.15, 0.2) is 0 Å². The summed E-state index contributed by atoms with van der Waals surface area (Å²) in [4.78, 5) is 40.4. The van der Waals surface area contributed by atoms with Crippen molar-refractivity contribution in [2.45, 2.75) is 38.6 Å². The van der Waals surface area contributed by atoms with E-state index in [9.17, 15) is 18.8 Å². The van der Waals surface area contributed by atoms with E-state index in [1.165, 1.54) is 19.3 Å². The molecule has 42 heavy (non-hydrogen) atoms. The van der Waals surface area contributed by atoms with E-state index in [1.807, 2.05) is 42.2 Å². The lowest BCUT2D eigenvalue weighted by molar-refractivity contribution is -0.129. The standard InChI is InChI=1S/C32H30BrClFN3O4/c1-18-5-3-8-27(38-14-13-21(16-28(38)39)29-24(33)11-12-25(34)30(29)35)20-7-4-6-19(15-20)23-10-9-22(36-32(41)42-2)17-26(23)37-31(18)40/h4,6-7,9-12,15-18,27H,3,5,8,13-14H2,1-2H3,(H,36,41)(H,37,40). The van der Waals surface area contributed by atoms with E-state index in [0.29, 0.717) is 52.8 Å². The van der Waals surface area contributed by atoms with Gasteiger partial charge in [0.05, 0.1) is 23.9 Å². The number of hydrogen-bond donors (Lipinski definition) is 2. The normalized spacial score (nSPS) is 19.1. The quantitative estimate of drug-likeness (QED) is 0.279. The van der Waals surface area contributed by atoms with Crippen molar-refractivity contribution in [1.29, 1.82) is 0 Å². The van der Waals surface area contributed by atoms with Crippen LogP contribution in [-0.2, 0) is 14.3 Å². The van der Waals surface area contributed by atoms with Crippen LogP contribution in [0.2, 0.25) is 5.02 Å². The van der Waals surface area contributed by atoms with Crippen LogP contribution in [0.25, 0.3) is 16.7 Å². The minimum atomic E-state index is -0.610. The molecule has 2 unspecified atom stereocenters. The molecule has 0 aromatic heterocycles. The molecule has 10 heteroatoms. The molecular formula is C32H30BrClFN3O4. The van der Waals surface area contributed by atoms with E-state index in [1.54, 1.807) is 18.2 Å². The lowest BCUT2D eigenvalue weighted by atomic mass is 9.90.